The molecule has 1 aromatic carbocycles. The van der Waals surface area contributed by atoms with Crippen molar-refractivity contribution in [1.82, 2.24) is 15.5 Å². The number of hydrogen-bond donors (Lipinski definition) is 2. The Balaban J connectivity index is 2.27. The van der Waals surface area contributed by atoms with Gasteiger partial charge in [-0.15, -0.1) is 0 Å². The van der Waals surface area contributed by atoms with Crippen molar-refractivity contribution in [3.63, 3.8) is 0 Å². The van der Waals surface area contributed by atoms with E-state index < -0.39 is 12.0 Å². The zero-order valence-electron chi connectivity index (χ0n) is 12.8. The molecule has 116 valence electrons. The molecule has 1 heterocycles. The second-order valence-corrected chi connectivity index (χ2v) is 5.08. The van der Waals surface area contributed by atoms with Crippen LogP contribution in [0, 0.1) is 12.8 Å². The maximum atomic E-state index is 12.4. The number of rotatable bonds is 5. The molecule has 1 amide bonds. The highest BCUT2D eigenvalue weighted by Crippen LogP contribution is 2.23. The quantitative estimate of drug-likeness (QED) is 0.827. The molecule has 0 spiro atoms. The number of aryl methyl sites for hydroxylation is 1. The number of esters is 1. The van der Waals surface area contributed by atoms with Gasteiger partial charge in [-0.25, -0.2) is 0 Å². The van der Waals surface area contributed by atoms with Gasteiger partial charge in [0, 0.05) is 5.69 Å². The van der Waals surface area contributed by atoms with E-state index in [1.165, 1.54) is 13.3 Å². The van der Waals surface area contributed by atoms with Crippen molar-refractivity contribution >= 4 is 11.9 Å². The number of nitrogens with zero attached hydrogens (tertiary/aromatic N) is 1. The summed E-state index contributed by atoms with van der Waals surface area (Å²) >= 11 is 0. The average molecular weight is 301 g/mol. The molecule has 6 heteroatoms. The Hall–Kier alpha value is -2.63. The van der Waals surface area contributed by atoms with Crippen LogP contribution in [0.3, 0.4) is 0 Å². The Labute approximate surface area is 128 Å². The van der Waals surface area contributed by atoms with Crippen LogP contribution in [-0.4, -0.2) is 29.2 Å². The number of H-pyrrole nitrogens is 1. The minimum absolute atomic E-state index is 0.282. The summed E-state index contributed by atoms with van der Waals surface area (Å²) in [5, 5.41) is 9.46. The van der Waals surface area contributed by atoms with Crippen molar-refractivity contribution < 1.29 is 14.3 Å². The van der Waals surface area contributed by atoms with Gasteiger partial charge in [0.2, 0.25) is 0 Å². The van der Waals surface area contributed by atoms with Crippen LogP contribution < -0.4 is 5.32 Å². The number of amides is 1. The van der Waals surface area contributed by atoms with Gasteiger partial charge in [-0.2, -0.15) is 5.10 Å². The third-order valence-corrected chi connectivity index (χ3v) is 3.59. The molecule has 0 radical (unpaired) electrons. The number of hydrogen-bond acceptors (Lipinski definition) is 4. The molecule has 2 atom stereocenters. The van der Waals surface area contributed by atoms with E-state index in [0.717, 1.165) is 5.56 Å². The molecule has 2 N–H and O–H groups in total. The van der Waals surface area contributed by atoms with Gasteiger partial charge in [0.15, 0.2) is 0 Å². The molecule has 0 saturated carbocycles. The Morgan fingerprint density at radius 3 is 2.50 bits per heavy atom. The van der Waals surface area contributed by atoms with Crippen molar-refractivity contribution in [2.75, 3.05) is 7.11 Å². The number of carbonyl (C=O) groups excluding carboxylic acids is 2. The van der Waals surface area contributed by atoms with Crippen molar-refractivity contribution in [3.05, 3.63) is 53.3 Å². The summed E-state index contributed by atoms with van der Waals surface area (Å²) in [7, 11) is 1.34. The van der Waals surface area contributed by atoms with Crippen molar-refractivity contribution in [2.45, 2.75) is 19.9 Å². The molecular formula is C16H19N3O3. The fourth-order valence-electron chi connectivity index (χ4n) is 2.28. The molecule has 0 aliphatic carbocycles. The summed E-state index contributed by atoms with van der Waals surface area (Å²) in [6.45, 7) is 3.50. The van der Waals surface area contributed by atoms with Crippen molar-refractivity contribution in [1.29, 1.82) is 0 Å². The lowest BCUT2D eigenvalue weighted by molar-refractivity contribution is -0.145. The van der Waals surface area contributed by atoms with Crippen molar-refractivity contribution in [3.8, 4) is 0 Å². The summed E-state index contributed by atoms with van der Waals surface area (Å²) in [6.07, 6.45) is 1.47. The first-order chi connectivity index (χ1) is 10.5. The third kappa shape index (κ3) is 3.33. The van der Waals surface area contributed by atoms with E-state index in [-0.39, 0.29) is 11.9 Å². The number of aromatic amines is 1. The van der Waals surface area contributed by atoms with Crippen LogP contribution in [0.5, 0.6) is 0 Å². The van der Waals surface area contributed by atoms with Crippen LogP contribution in [0.15, 0.2) is 36.5 Å². The molecule has 0 bridgehead atoms. The van der Waals surface area contributed by atoms with E-state index in [0.29, 0.717) is 11.3 Å². The van der Waals surface area contributed by atoms with Crippen LogP contribution in [0.4, 0.5) is 0 Å². The van der Waals surface area contributed by atoms with Gasteiger partial charge in [-0.05, 0) is 19.4 Å². The van der Waals surface area contributed by atoms with Crippen LogP contribution in [-0.2, 0) is 9.53 Å². The lowest BCUT2D eigenvalue weighted by atomic mass is 9.94. The highest BCUT2D eigenvalue weighted by Gasteiger charge is 2.28. The zero-order chi connectivity index (χ0) is 16.1. The second-order valence-electron chi connectivity index (χ2n) is 5.08. The van der Waals surface area contributed by atoms with Crippen LogP contribution >= 0.6 is 0 Å². The number of aromatic nitrogens is 2. The summed E-state index contributed by atoms with van der Waals surface area (Å²) in [5.74, 6) is -1.17. The van der Waals surface area contributed by atoms with E-state index in [4.69, 9.17) is 4.74 Å². The predicted molar refractivity (Wildman–Crippen MR) is 81.2 cm³/mol. The van der Waals surface area contributed by atoms with E-state index >= 15 is 0 Å². The molecule has 0 aliphatic heterocycles. The summed E-state index contributed by atoms with van der Waals surface area (Å²) in [4.78, 5) is 24.3. The lowest BCUT2D eigenvalue weighted by Crippen LogP contribution is -2.36. The van der Waals surface area contributed by atoms with E-state index in [9.17, 15) is 9.59 Å². The maximum absolute atomic E-state index is 12.4. The first-order valence-corrected chi connectivity index (χ1v) is 6.98. The van der Waals surface area contributed by atoms with Gasteiger partial charge in [-0.3, -0.25) is 14.7 Å². The molecule has 6 nitrogen and oxygen atoms in total. The zero-order valence-corrected chi connectivity index (χ0v) is 12.8. The molecule has 2 aromatic rings. The number of benzene rings is 1. The molecular weight excluding hydrogens is 282 g/mol. The van der Waals surface area contributed by atoms with Crippen LogP contribution in [0.1, 0.15) is 34.6 Å². The predicted octanol–water partition coefficient (Wildman–Crippen LogP) is 2.00. The Bertz CT molecular complexity index is 652. The van der Waals surface area contributed by atoms with Gasteiger partial charge in [0.1, 0.15) is 0 Å². The van der Waals surface area contributed by atoms with Crippen LogP contribution in [0.25, 0.3) is 0 Å². The normalized spacial score (nSPS) is 13.2. The smallest absolute Gasteiger partial charge is 0.310 e. The highest BCUT2D eigenvalue weighted by molar-refractivity contribution is 5.95. The van der Waals surface area contributed by atoms with E-state index in [1.807, 2.05) is 30.3 Å². The summed E-state index contributed by atoms with van der Waals surface area (Å²) in [5.41, 5.74) is 1.97. The van der Waals surface area contributed by atoms with Gasteiger partial charge in [-0.1, -0.05) is 30.3 Å². The number of carbonyl (C=O) groups is 2. The Morgan fingerprint density at radius 2 is 1.95 bits per heavy atom. The topological polar surface area (TPSA) is 84.1 Å². The lowest BCUT2D eigenvalue weighted by Gasteiger charge is -2.24. The highest BCUT2D eigenvalue weighted by atomic mass is 16.5. The fourth-order valence-corrected chi connectivity index (χ4v) is 2.28. The van der Waals surface area contributed by atoms with Crippen LogP contribution in [0.2, 0.25) is 0 Å². The Kier molecular flexibility index (Phi) is 4.93. The van der Waals surface area contributed by atoms with E-state index in [2.05, 4.69) is 15.5 Å². The monoisotopic (exact) mass is 301 g/mol. The third-order valence-electron chi connectivity index (χ3n) is 3.59. The summed E-state index contributed by atoms with van der Waals surface area (Å²) in [6, 6.07) is 8.86. The first-order valence-electron chi connectivity index (χ1n) is 6.98. The van der Waals surface area contributed by atoms with Gasteiger partial charge in [0.25, 0.3) is 5.91 Å². The first kappa shape index (κ1) is 15.8. The van der Waals surface area contributed by atoms with Gasteiger partial charge >= 0.3 is 5.97 Å². The second kappa shape index (κ2) is 6.89. The molecule has 2 rings (SSSR count). The molecule has 0 unspecified atom stereocenters. The maximum Gasteiger partial charge on any atom is 0.310 e. The average Bonchev–Trinajstić information content (AvgIpc) is 2.98. The molecule has 22 heavy (non-hydrogen) atoms. The number of ether oxygens (including phenoxy) is 1. The number of methoxy groups -OCH3 is 1. The van der Waals surface area contributed by atoms with E-state index in [1.54, 1.807) is 13.8 Å². The minimum Gasteiger partial charge on any atom is -0.469 e. The van der Waals surface area contributed by atoms with Gasteiger partial charge < -0.3 is 10.1 Å². The minimum atomic E-state index is -0.511. The Morgan fingerprint density at radius 1 is 1.27 bits per heavy atom. The van der Waals surface area contributed by atoms with Crippen molar-refractivity contribution in [2.24, 2.45) is 5.92 Å². The largest absolute Gasteiger partial charge is 0.469 e. The molecule has 0 saturated heterocycles. The van der Waals surface area contributed by atoms with Gasteiger partial charge in [0.05, 0.1) is 30.8 Å². The number of nitrogens with one attached hydrogen (secondary N) is 2. The SMILES string of the molecule is COC(=O)[C@H](C)[C@@H](NC(=O)c1cn[nH]c1C)c1ccccc1. The summed E-state index contributed by atoms with van der Waals surface area (Å²) < 4.78 is 4.80. The molecule has 0 fully saturated rings. The standard InChI is InChI=1S/C16H19N3O3/c1-10(16(21)22-3)14(12-7-5-4-6-8-12)18-15(20)13-9-17-19-11(13)2/h4-10,14H,1-3H3,(H,17,19)(H,18,20)/t10-,14-/m1/s1. The fraction of sp³-hybridized carbons (Fsp3) is 0.312. The molecule has 1 aromatic heterocycles. The molecule has 0 aliphatic rings.